The number of carbonyl (C=O) groups excluding carboxylic acids is 1. The average Bonchev–Trinajstić information content (AvgIpc) is 3.03. The predicted octanol–water partition coefficient (Wildman–Crippen LogP) is 2.01. The summed E-state index contributed by atoms with van der Waals surface area (Å²) in [6.45, 7) is 2.33. The van der Waals surface area contributed by atoms with Gasteiger partial charge >= 0.3 is 12.2 Å². The third kappa shape index (κ3) is 5.74. The predicted molar refractivity (Wildman–Crippen MR) is 76.7 cm³/mol. The van der Waals surface area contributed by atoms with Crippen LogP contribution in [0.3, 0.4) is 0 Å². The van der Waals surface area contributed by atoms with E-state index in [0.717, 1.165) is 0 Å². The maximum atomic E-state index is 12.3. The van der Waals surface area contributed by atoms with Crippen molar-refractivity contribution in [1.82, 2.24) is 20.3 Å². The van der Waals surface area contributed by atoms with Crippen LogP contribution in [0.1, 0.15) is 17.9 Å². The summed E-state index contributed by atoms with van der Waals surface area (Å²) in [4.78, 5) is 14.8. The van der Waals surface area contributed by atoms with E-state index in [4.69, 9.17) is 4.52 Å². The van der Waals surface area contributed by atoms with Crippen molar-refractivity contribution in [1.29, 1.82) is 0 Å². The number of hydrogen-bond acceptors (Lipinski definition) is 4. The van der Waals surface area contributed by atoms with Crippen LogP contribution >= 0.6 is 0 Å². The zero-order valence-corrected chi connectivity index (χ0v) is 13.2. The average molecular weight is 334 g/mol. The molecule has 0 saturated carbocycles. The van der Waals surface area contributed by atoms with Crippen molar-refractivity contribution in [2.45, 2.75) is 26.1 Å². The molecule has 1 aromatic rings. The number of urea groups is 1. The number of aromatic nitrogens is 1. The number of likely N-dealkylation sites (tertiary alicyclic amines) is 1. The Bertz CT molecular complexity index is 532. The second-order valence-electron chi connectivity index (χ2n) is 5.98. The number of alkyl halides is 3. The van der Waals surface area contributed by atoms with Crippen LogP contribution in [0.4, 0.5) is 18.0 Å². The van der Waals surface area contributed by atoms with Crippen LogP contribution < -0.4 is 5.32 Å². The fourth-order valence-corrected chi connectivity index (χ4v) is 2.65. The van der Waals surface area contributed by atoms with Gasteiger partial charge in [-0.05, 0) is 25.8 Å². The number of aryl methyl sites for hydroxylation is 1. The van der Waals surface area contributed by atoms with Crippen LogP contribution in [0.25, 0.3) is 0 Å². The minimum absolute atomic E-state index is 0.0454. The van der Waals surface area contributed by atoms with Gasteiger partial charge in [-0.3, -0.25) is 4.90 Å². The lowest BCUT2D eigenvalue weighted by Gasteiger charge is -2.20. The first-order chi connectivity index (χ1) is 10.7. The van der Waals surface area contributed by atoms with Crippen LogP contribution in [-0.4, -0.2) is 60.4 Å². The summed E-state index contributed by atoms with van der Waals surface area (Å²) in [6.07, 6.45) is -3.52. The van der Waals surface area contributed by atoms with Gasteiger partial charge in [-0.2, -0.15) is 13.2 Å². The summed E-state index contributed by atoms with van der Waals surface area (Å²) in [7, 11) is 1.63. The first-order valence-corrected chi connectivity index (χ1v) is 7.43. The third-order valence-corrected chi connectivity index (χ3v) is 3.74. The van der Waals surface area contributed by atoms with Gasteiger partial charge in [0.25, 0.3) is 0 Å². The Balaban J connectivity index is 1.70. The van der Waals surface area contributed by atoms with E-state index in [1.54, 1.807) is 20.0 Å². The van der Waals surface area contributed by atoms with Gasteiger partial charge in [0.05, 0.1) is 13.1 Å². The Labute approximate surface area is 132 Å². The Morgan fingerprint density at radius 3 is 2.91 bits per heavy atom. The number of nitrogens with zero attached hydrogens (tertiary/aromatic N) is 3. The van der Waals surface area contributed by atoms with Crippen molar-refractivity contribution in [2.24, 2.45) is 5.92 Å². The Hall–Kier alpha value is -1.77. The Morgan fingerprint density at radius 2 is 2.30 bits per heavy atom. The van der Waals surface area contributed by atoms with E-state index in [2.05, 4.69) is 10.5 Å². The molecule has 2 amide bonds. The standard InChI is InChI=1S/C14H21F3N4O2/c1-10-5-12(19-23-10)8-20(2)13(22)18-6-11-3-4-21(7-11)9-14(15,16)17/h5,11H,3-4,6-9H2,1-2H3,(H,18,22). The van der Waals surface area contributed by atoms with Gasteiger partial charge in [0.2, 0.25) is 0 Å². The van der Waals surface area contributed by atoms with Crippen molar-refractivity contribution in [3.8, 4) is 0 Å². The maximum absolute atomic E-state index is 12.3. The smallest absolute Gasteiger partial charge is 0.361 e. The number of nitrogens with one attached hydrogen (secondary N) is 1. The highest BCUT2D eigenvalue weighted by Crippen LogP contribution is 2.22. The summed E-state index contributed by atoms with van der Waals surface area (Å²) in [5, 5.41) is 6.57. The molecule has 1 N–H and O–H groups in total. The normalized spacial score (nSPS) is 19.1. The molecule has 6 nitrogen and oxygen atoms in total. The summed E-state index contributed by atoms with van der Waals surface area (Å²) in [5.41, 5.74) is 0.650. The molecule has 0 aliphatic carbocycles. The minimum atomic E-state index is -4.17. The topological polar surface area (TPSA) is 61.6 Å². The van der Waals surface area contributed by atoms with E-state index in [0.29, 0.717) is 44.1 Å². The number of carbonyl (C=O) groups is 1. The lowest BCUT2D eigenvalue weighted by atomic mass is 10.1. The molecule has 1 aromatic heterocycles. The molecule has 1 fully saturated rings. The molecule has 0 spiro atoms. The summed E-state index contributed by atoms with van der Waals surface area (Å²) in [5.74, 6) is 0.716. The number of hydrogen-bond donors (Lipinski definition) is 1. The maximum Gasteiger partial charge on any atom is 0.401 e. The second-order valence-corrected chi connectivity index (χ2v) is 5.98. The van der Waals surface area contributed by atoms with Crippen LogP contribution in [0.15, 0.2) is 10.6 Å². The van der Waals surface area contributed by atoms with Gasteiger partial charge in [-0.25, -0.2) is 4.79 Å². The number of amides is 2. The number of rotatable bonds is 5. The van der Waals surface area contributed by atoms with Gasteiger partial charge in [0.1, 0.15) is 11.5 Å². The molecule has 1 saturated heterocycles. The fourth-order valence-electron chi connectivity index (χ4n) is 2.65. The quantitative estimate of drug-likeness (QED) is 0.895. The molecule has 0 radical (unpaired) electrons. The van der Waals surface area contributed by atoms with E-state index in [1.165, 1.54) is 9.80 Å². The number of halogens is 3. The molecule has 9 heteroatoms. The van der Waals surface area contributed by atoms with E-state index in [9.17, 15) is 18.0 Å². The molecule has 130 valence electrons. The van der Waals surface area contributed by atoms with Crippen LogP contribution in [0.2, 0.25) is 0 Å². The van der Waals surface area contributed by atoms with E-state index < -0.39 is 12.7 Å². The van der Waals surface area contributed by atoms with Gasteiger partial charge in [-0.1, -0.05) is 5.16 Å². The van der Waals surface area contributed by atoms with Gasteiger partial charge < -0.3 is 14.7 Å². The first kappa shape index (κ1) is 17.6. The van der Waals surface area contributed by atoms with E-state index in [1.807, 2.05) is 0 Å². The van der Waals surface area contributed by atoms with Crippen molar-refractivity contribution in [2.75, 3.05) is 33.2 Å². The van der Waals surface area contributed by atoms with Crippen LogP contribution in [0.5, 0.6) is 0 Å². The van der Waals surface area contributed by atoms with Crippen LogP contribution in [0, 0.1) is 12.8 Å². The molecule has 0 bridgehead atoms. The van der Waals surface area contributed by atoms with Crippen molar-refractivity contribution >= 4 is 6.03 Å². The molecule has 1 aliphatic rings. The highest BCUT2D eigenvalue weighted by atomic mass is 19.4. The zero-order valence-electron chi connectivity index (χ0n) is 13.2. The molecule has 1 aliphatic heterocycles. The van der Waals surface area contributed by atoms with Crippen molar-refractivity contribution in [3.63, 3.8) is 0 Å². The summed E-state index contributed by atoms with van der Waals surface area (Å²) < 4.78 is 41.9. The van der Waals surface area contributed by atoms with Gasteiger partial charge in [0, 0.05) is 26.2 Å². The van der Waals surface area contributed by atoms with Crippen molar-refractivity contribution in [3.05, 3.63) is 17.5 Å². The van der Waals surface area contributed by atoms with E-state index >= 15 is 0 Å². The second kappa shape index (κ2) is 7.20. The summed E-state index contributed by atoms with van der Waals surface area (Å²) in [6, 6.07) is 1.47. The largest absolute Gasteiger partial charge is 0.401 e. The Kier molecular flexibility index (Phi) is 5.51. The highest BCUT2D eigenvalue weighted by molar-refractivity contribution is 5.73. The molecule has 23 heavy (non-hydrogen) atoms. The third-order valence-electron chi connectivity index (χ3n) is 3.74. The molecule has 2 rings (SSSR count). The Morgan fingerprint density at radius 1 is 1.57 bits per heavy atom. The summed E-state index contributed by atoms with van der Waals surface area (Å²) >= 11 is 0. The first-order valence-electron chi connectivity index (χ1n) is 7.43. The molecular weight excluding hydrogens is 313 g/mol. The van der Waals surface area contributed by atoms with Gasteiger partial charge in [-0.15, -0.1) is 0 Å². The lowest BCUT2D eigenvalue weighted by Crippen LogP contribution is -2.40. The SMILES string of the molecule is Cc1cc(CN(C)C(=O)NCC2CCN(CC(F)(F)F)C2)no1. The minimum Gasteiger partial charge on any atom is -0.361 e. The molecule has 2 heterocycles. The van der Waals surface area contributed by atoms with Gasteiger partial charge in [0.15, 0.2) is 0 Å². The fraction of sp³-hybridized carbons (Fsp3) is 0.714. The monoisotopic (exact) mass is 334 g/mol. The molecule has 1 atom stereocenters. The van der Waals surface area contributed by atoms with Crippen molar-refractivity contribution < 1.29 is 22.5 Å². The molecular formula is C14H21F3N4O2. The molecule has 1 unspecified atom stereocenters. The molecule has 0 aromatic carbocycles. The van der Waals surface area contributed by atoms with Crippen LogP contribution in [-0.2, 0) is 6.54 Å². The highest BCUT2D eigenvalue weighted by Gasteiger charge is 2.34. The lowest BCUT2D eigenvalue weighted by molar-refractivity contribution is -0.143. The zero-order chi connectivity index (χ0) is 17.0. The van der Waals surface area contributed by atoms with E-state index in [-0.39, 0.29) is 11.9 Å².